The van der Waals surface area contributed by atoms with Crippen LogP contribution in [0.15, 0.2) is 30.3 Å². The van der Waals surface area contributed by atoms with Gasteiger partial charge < -0.3 is 10.2 Å². The molecule has 1 N–H and O–H groups in total. The topological polar surface area (TPSA) is 35.6 Å². The Labute approximate surface area is 115 Å². The Hall–Kier alpha value is -1.39. The lowest BCUT2D eigenvalue weighted by Gasteiger charge is -2.36. The number of rotatable bonds is 4. The van der Waals surface area contributed by atoms with Gasteiger partial charge in [-0.05, 0) is 25.6 Å². The molecular formula is C15H23N3O. The summed E-state index contributed by atoms with van der Waals surface area (Å²) in [4.78, 5) is 16.9. The number of carbonyl (C=O) groups is 1. The smallest absolute Gasteiger partial charge is 0.241 e. The molecule has 0 aromatic heterocycles. The lowest BCUT2D eigenvalue weighted by atomic mass is 10.2. The standard InChI is InChI=1S/C15H23N3O/c1-3-17-9-11-18(12-10-17)13(2)15(19)16-14-7-5-4-6-8-14/h4-8,13H,3,9-12H2,1-2H3,(H,16,19)/t13-/m0/s1. The zero-order valence-corrected chi connectivity index (χ0v) is 11.8. The van der Waals surface area contributed by atoms with Crippen LogP contribution in [0.1, 0.15) is 13.8 Å². The molecule has 0 spiro atoms. The number of hydrogen-bond acceptors (Lipinski definition) is 3. The monoisotopic (exact) mass is 261 g/mol. The maximum atomic E-state index is 12.2. The fourth-order valence-corrected chi connectivity index (χ4v) is 2.40. The summed E-state index contributed by atoms with van der Waals surface area (Å²) in [5, 5.41) is 2.97. The summed E-state index contributed by atoms with van der Waals surface area (Å²) in [6.07, 6.45) is 0. The molecule has 0 aliphatic carbocycles. The van der Waals surface area contributed by atoms with Crippen LogP contribution >= 0.6 is 0 Å². The number of anilines is 1. The minimum absolute atomic E-state index is 0.0702. The zero-order chi connectivity index (χ0) is 13.7. The first-order valence-electron chi connectivity index (χ1n) is 7.03. The van der Waals surface area contributed by atoms with Gasteiger partial charge in [0.25, 0.3) is 0 Å². The van der Waals surface area contributed by atoms with Crippen LogP contribution in [-0.4, -0.2) is 54.5 Å². The van der Waals surface area contributed by atoms with E-state index in [1.54, 1.807) is 0 Å². The first kappa shape index (κ1) is 14.0. The van der Waals surface area contributed by atoms with E-state index in [0.29, 0.717) is 0 Å². The van der Waals surface area contributed by atoms with Gasteiger partial charge in [0.1, 0.15) is 0 Å². The Bertz CT molecular complexity index is 399. The van der Waals surface area contributed by atoms with Crippen LogP contribution in [-0.2, 0) is 4.79 Å². The Balaban J connectivity index is 1.86. The number of piperazine rings is 1. The van der Waals surface area contributed by atoms with Gasteiger partial charge in [0.15, 0.2) is 0 Å². The minimum atomic E-state index is -0.0702. The summed E-state index contributed by atoms with van der Waals surface area (Å²) in [7, 11) is 0. The Kier molecular flexibility index (Phi) is 4.93. The third kappa shape index (κ3) is 3.78. The first-order valence-corrected chi connectivity index (χ1v) is 7.03. The molecule has 1 heterocycles. The van der Waals surface area contributed by atoms with Gasteiger partial charge in [-0.25, -0.2) is 0 Å². The van der Waals surface area contributed by atoms with E-state index in [1.165, 1.54) is 0 Å². The van der Waals surface area contributed by atoms with Gasteiger partial charge in [0.2, 0.25) is 5.91 Å². The van der Waals surface area contributed by atoms with E-state index in [0.717, 1.165) is 38.4 Å². The molecule has 0 unspecified atom stereocenters. The number of amides is 1. The summed E-state index contributed by atoms with van der Waals surface area (Å²) >= 11 is 0. The summed E-state index contributed by atoms with van der Waals surface area (Å²) < 4.78 is 0. The lowest BCUT2D eigenvalue weighted by molar-refractivity contribution is -0.121. The van der Waals surface area contributed by atoms with Crippen molar-refractivity contribution in [2.75, 3.05) is 38.0 Å². The lowest BCUT2D eigenvalue weighted by Crippen LogP contribution is -2.52. The highest BCUT2D eigenvalue weighted by atomic mass is 16.2. The minimum Gasteiger partial charge on any atom is -0.325 e. The average molecular weight is 261 g/mol. The molecule has 2 rings (SSSR count). The van der Waals surface area contributed by atoms with Crippen LogP contribution in [0.5, 0.6) is 0 Å². The molecular weight excluding hydrogens is 238 g/mol. The van der Waals surface area contributed by atoms with Crippen molar-refractivity contribution in [3.05, 3.63) is 30.3 Å². The summed E-state index contributed by atoms with van der Waals surface area (Å²) in [6.45, 7) is 9.31. The predicted molar refractivity (Wildman–Crippen MR) is 78.2 cm³/mol. The van der Waals surface area contributed by atoms with Gasteiger partial charge in [-0.15, -0.1) is 0 Å². The summed E-state index contributed by atoms with van der Waals surface area (Å²) in [5.74, 6) is 0.0798. The van der Waals surface area contributed by atoms with Crippen LogP contribution in [0.25, 0.3) is 0 Å². The molecule has 1 saturated heterocycles. The number of nitrogens with one attached hydrogen (secondary N) is 1. The third-order valence-corrected chi connectivity index (χ3v) is 3.82. The van der Waals surface area contributed by atoms with E-state index in [9.17, 15) is 4.79 Å². The molecule has 1 fully saturated rings. The highest BCUT2D eigenvalue weighted by molar-refractivity contribution is 5.94. The molecule has 4 nitrogen and oxygen atoms in total. The van der Waals surface area contributed by atoms with Gasteiger partial charge in [0, 0.05) is 31.9 Å². The molecule has 1 aliphatic rings. The number of benzene rings is 1. The highest BCUT2D eigenvalue weighted by Gasteiger charge is 2.24. The van der Waals surface area contributed by atoms with Gasteiger partial charge in [-0.2, -0.15) is 0 Å². The van der Waals surface area contributed by atoms with E-state index in [-0.39, 0.29) is 11.9 Å². The zero-order valence-electron chi connectivity index (χ0n) is 11.8. The Morgan fingerprint density at radius 2 is 1.84 bits per heavy atom. The molecule has 1 amide bonds. The van der Waals surface area contributed by atoms with Gasteiger partial charge >= 0.3 is 0 Å². The molecule has 1 atom stereocenters. The van der Waals surface area contributed by atoms with Crippen molar-refractivity contribution in [1.29, 1.82) is 0 Å². The first-order chi connectivity index (χ1) is 9.20. The van der Waals surface area contributed by atoms with Crippen molar-refractivity contribution < 1.29 is 4.79 Å². The average Bonchev–Trinajstić information content (AvgIpc) is 2.47. The molecule has 1 aromatic carbocycles. The van der Waals surface area contributed by atoms with Crippen molar-refractivity contribution in [3.63, 3.8) is 0 Å². The van der Waals surface area contributed by atoms with Crippen molar-refractivity contribution in [1.82, 2.24) is 9.80 Å². The van der Waals surface area contributed by atoms with Crippen LogP contribution in [0.2, 0.25) is 0 Å². The molecule has 0 bridgehead atoms. The van der Waals surface area contributed by atoms with Crippen LogP contribution < -0.4 is 5.32 Å². The van der Waals surface area contributed by atoms with E-state index < -0.39 is 0 Å². The maximum absolute atomic E-state index is 12.2. The molecule has 0 saturated carbocycles. The van der Waals surface area contributed by atoms with E-state index in [1.807, 2.05) is 37.3 Å². The normalized spacial score (nSPS) is 19.1. The summed E-state index contributed by atoms with van der Waals surface area (Å²) in [6, 6.07) is 9.57. The van der Waals surface area contributed by atoms with Crippen LogP contribution in [0, 0.1) is 0 Å². The van der Waals surface area contributed by atoms with Gasteiger partial charge in [-0.1, -0.05) is 25.1 Å². The van der Waals surface area contributed by atoms with E-state index >= 15 is 0 Å². The maximum Gasteiger partial charge on any atom is 0.241 e. The molecule has 19 heavy (non-hydrogen) atoms. The molecule has 1 aromatic rings. The molecule has 4 heteroatoms. The second-order valence-corrected chi connectivity index (χ2v) is 5.00. The predicted octanol–water partition coefficient (Wildman–Crippen LogP) is 1.65. The van der Waals surface area contributed by atoms with Gasteiger partial charge in [0.05, 0.1) is 6.04 Å². The molecule has 1 aliphatic heterocycles. The number of para-hydroxylation sites is 1. The SMILES string of the molecule is CCN1CCN([C@@H](C)C(=O)Nc2ccccc2)CC1. The quantitative estimate of drug-likeness (QED) is 0.895. The van der Waals surface area contributed by atoms with Crippen molar-refractivity contribution in [3.8, 4) is 0 Å². The van der Waals surface area contributed by atoms with Crippen molar-refractivity contribution in [2.45, 2.75) is 19.9 Å². The number of carbonyl (C=O) groups excluding carboxylic acids is 1. The van der Waals surface area contributed by atoms with Crippen molar-refractivity contribution in [2.24, 2.45) is 0 Å². The number of hydrogen-bond donors (Lipinski definition) is 1. The van der Waals surface area contributed by atoms with Gasteiger partial charge in [-0.3, -0.25) is 9.69 Å². The van der Waals surface area contributed by atoms with Crippen LogP contribution in [0.4, 0.5) is 5.69 Å². The largest absolute Gasteiger partial charge is 0.325 e. The second-order valence-electron chi connectivity index (χ2n) is 5.00. The fourth-order valence-electron chi connectivity index (χ4n) is 2.40. The van der Waals surface area contributed by atoms with E-state index in [4.69, 9.17) is 0 Å². The van der Waals surface area contributed by atoms with E-state index in [2.05, 4.69) is 22.0 Å². The number of nitrogens with zero attached hydrogens (tertiary/aromatic N) is 2. The van der Waals surface area contributed by atoms with Crippen molar-refractivity contribution >= 4 is 11.6 Å². The number of likely N-dealkylation sites (N-methyl/N-ethyl adjacent to an activating group) is 1. The highest BCUT2D eigenvalue weighted by Crippen LogP contribution is 2.10. The summed E-state index contributed by atoms with van der Waals surface area (Å²) in [5.41, 5.74) is 0.867. The third-order valence-electron chi connectivity index (χ3n) is 3.82. The second kappa shape index (κ2) is 6.68. The van der Waals surface area contributed by atoms with Crippen LogP contribution in [0.3, 0.4) is 0 Å². The molecule has 104 valence electrons. The molecule has 0 radical (unpaired) electrons. The Morgan fingerprint density at radius 3 is 2.42 bits per heavy atom. The fraction of sp³-hybridized carbons (Fsp3) is 0.533. The Morgan fingerprint density at radius 1 is 1.21 bits per heavy atom.